The van der Waals surface area contributed by atoms with Gasteiger partial charge in [0.05, 0.1) is 7.11 Å². The van der Waals surface area contributed by atoms with E-state index in [1.54, 1.807) is 36.1 Å². The van der Waals surface area contributed by atoms with Gasteiger partial charge in [0.25, 0.3) is 5.91 Å². The Morgan fingerprint density at radius 2 is 2.03 bits per heavy atom. The Morgan fingerprint density at radius 1 is 1.18 bits per heavy atom. The van der Waals surface area contributed by atoms with Gasteiger partial charge < -0.3 is 14.8 Å². The Kier molecular flexibility index (Phi) is 5.90. The van der Waals surface area contributed by atoms with E-state index in [0.717, 1.165) is 37.0 Å². The van der Waals surface area contributed by atoms with Crippen LogP contribution < -0.4 is 4.74 Å². The minimum absolute atomic E-state index is 0.0607. The third-order valence-electron chi connectivity index (χ3n) is 8.12. The minimum Gasteiger partial charge on any atom is -0.508 e. The number of phenols is 1. The number of aromatic amines is 1. The molecule has 0 spiro atoms. The van der Waals surface area contributed by atoms with Gasteiger partial charge in [0.15, 0.2) is 11.6 Å². The molecule has 3 aliphatic heterocycles. The molecular weight excluding hydrogens is 487 g/mol. The number of halogens is 1. The monoisotopic (exact) mass is 518 g/mol. The first-order valence-electron chi connectivity index (χ1n) is 13.0. The minimum atomic E-state index is -1.13. The lowest BCUT2D eigenvalue weighted by molar-refractivity contribution is -0.133. The van der Waals surface area contributed by atoms with Crippen LogP contribution in [0.1, 0.15) is 42.6 Å². The van der Waals surface area contributed by atoms with Crippen LogP contribution in [-0.4, -0.2) is 75.6 Å². The van der Waals surface area contributed by atoms with Crippen LogP contribution in [0, 0.1) is 5.82 Å². The lowest BCUT2D eigenvalue weighted by Gasteiger charge is -2.42. The van der Waals surface area contributed by atoms with Crippen molar-refractivity contribution in [2.75, 3.05) is 33.3 Å². The Hall–Kier alpha value is -3.85. The molecule has 2 atom stereocenters. The zero-order chi connectivity index (χ0) is 26.6. The molecule has 3 aromatic rings. The first-order valence-corrected chi connectivity index (χ1v) is 13.0. The van der Waals surface area contributed by atoms with E-state index in [0.29, 0.717) is 29.7 Å². The number of H-pyrrole nitrogens is 1. The van der Waals surface area contributed by atoms with E-state index >= 15 is 0 Å². The third kappa shape index (κ3) is 3.75. The van der Waals surface area contributed by atoms with Crippen molar-refractivity contribution in [3.05, 3.63) is 71.2 Å². The number of aromatic hydroxyl groups is 1. The molecule has 0 unspecified atom stereocenters. The summed E-state index contributed by atoms with van der Waals surface area (Å²) in [5, 5.41) is 11.0. The maximum atomic E-state index is 14.6. The molecule has 9 heteroatoms. The second-order valence-corrected chi connectivity index (χ2v) is 10.5. The van der Waals surface area contributed by atoms with E-state index < -0.39 is 17.4 Å². The van der Waals surface area contributed by atoms with Gasteiger partial charge >= 0.3 is 6.03 Å². The molecule has 198 valence electrons. The number of hydrogen-bond donors (Lipinski definition) is 2. The highest BCUT2D eigenvalue weighted by Gasteiger charge is 2.60. The summed E-state index contributed by atoms with van der Waals surface area (Å²) in [6.07, 6.45) is 6.31. The number of imide groups is 1. The Morgan fingerprint density at radius 3 is 2.76 bits per heavy atom. The largest absolute Gasteiger partial charge is 0.508 e. The SMILES string of the molecule is COc1cc2c3c([nH]c2cc1F)[C@@H](c1cccc(O)c1)N1C(=O)N(CCCN2CC=CCC2)C(=O)[C@]1(C)C3. The van der Waals surface area contributed by atoms with Crippen LogP contribution in [0.5, 0.6) is 11.5 Å². The zero-order valence-electron chi connectivity index (χ0n) is 21.5. The number of phenolic OH excluding ortho intramolecular Hbond substituents is 1. The predicted octanol–water partition coefficient (Wildman–Crippen LogP) is 4.34. The average Bonchev–Trinajstić information content (AvgIpc) is 3.34. The summed E-state index contributed by atoms with van der Waals surface area (Å²) in [6, 6.07) is 8.73. The average molecular weight is 519 g/mol. The van der Waals surface area contributed by atoms with E-state index in [2.05, 4.69) is 22.0 Å². The van der Waals surface area contributed by atoms with Gasteiger partial charge in [-0.05, 0) is 49.1 Å². The maximum Gasteiger partial charge on any atom is 0.328 e. The van der Waals surface area contributed by atoms with E-state index in [1.807, 2.05) is 6.07 Å². The summed E-state index contributed by atoms with van der Waals surface area (Å²) in [6.45, 7) is 4.82. The van der Waals surface area contributed by atoms with Gasteiger partial charge in [0.1, 0.15) is 17.3 Å². The number of fused-ring (bicyclic) bond motifs is 4. The first kappa shape index (κ1) is 24.5. The van der Waals surface area contributed by atoms with Gasteiger partial charge in [-0.2, -0.15) is 0 Å². The number of benzene rings is 2. The maximum absolute atomic E-state index is 14.6. The topological polar surface area (TPSA) is 89.1 Å². The molecule has 8 nitrogen and oxygen atoms in total. The fraction of sp³-hybridized carbons (Fsp3) is 0.379. The zero-order valence-corrected chi connectivity index (χ0v) is 21.5. The standard InChI is InChI=1S/C29H31FN4O4/c1-29-17-21-20-15-24(38-2)22(30)16-23(20)31-25(21)26(18-8-6-9-19(35)14-18)34(29)28(37)33(27(29)36)13-7-12-32-10-4-3-5-11-32/h3-4,6,8-9,14-16,26,31,35H,5,7,10-13,17H2,1-2H3/t26-,29+/m1/s1. The number of hydrogen-bond acceptors (Lipinski definition) is 5. The second-order valence-electron chi connectivity index (χ2n) is 10.5. The Bertz CT molecular complexity index is 1470. The summed E-state index contributed by atoms with van der Waals surface area (Å²) in [5.41, 5.74) is 1.65. The van der Waals surface area contributed by atoms with Crippen LogP contribution in [0.4, 0.5) is 9.18 Å². The van der Waals surface area contributed by atoms with E-state index in [9.17, 15) is 19.1 Å². The molecule has 0 saturated carbocycles. The molecule has 0 aliphatic carbocycles. The Labute approximate surface area is 220 Å². The van der Waals surface area contributed by atoms with Gasteiger partial charge in [0.2, 0.25) is 0 Å². The number of nitrogens with zero attached hydrogens (tertiary/aromatic N) is 3. The molecule has 2 aromatic carbocycles. The van der Waals surface area contributed by atoms with Crippen LogP contribution >= 0.6 is 0 Å². The predicted molar refractivity (Wildman–Crippen MR) is 141 cm³/mol. The molecule has 6 rings (SSSR count). The fourth-order valence-electron chi connectivity index (χ4n) is 6.26. The number of aromatic nitrogens is 1. The van der Waals surface area contributed by atoms with Crippen LogP contribution in [0.15, 0.2) is 48.6 Å². The number of carbonyl (C=O) groups is 2. The van der Waals surface area contributed by atoms with Gasteiger partial charge in [-0.1, -0.05) is 24.3 Å². The van der Waals surface area contributed by atoms with Crippen LogP contribution in [0.2, 0.25) is 0 Å². The van der Waals surface area contributed by atoms with E-state index in [4.69, 9.17) is 4.74 Å². The number of nitrogens with one attached hydrogen (secondary N) is 1. The van der Waals surface area contributed by atoms with Crippen molar-refractivity contribution in [1.29, 1.82) is 0 Å². The number of amides is 3. The highest BCUT2D eigenvalue weighted by atomic mass is 19.1. The number of carbonyl (C=O) groups excluding carboxylic acids is 2. The molecule has 3 aliphatic rings. The molecule has 38 heavy (non-hydrogen) atoms. The molecule has 0 radical (unpaired) electrons. The molecule has 1 saturated heterocycles. The highest BCUT2D eigenvalue weighted by Crippen LogP contribution is 2.49. The molecule has 1 aromatic heterocycles. The van der Waals surface area contributed by atoms with Crippen LogP contribution in [0.25, 0.3) is 10.9 Å². The molecule has 0 bridgehead atoms. The molecule has 4 heterocycles. The molecule has 3 amide bonds. The molecular formula is C29H31FN4O4. The first-order chi connectivity index (χ1) is 18.3. The van der Waals surface area contributed by atoms with Crippen molar-refractivity contribution in [1.82, 2.24) is 19.7 Å². The quantitative estimate of drug-likeness (QED) is 0.374. The van der Waals surface area contributed by atoms with Crippen LogP contribution in [-0.2, 0) is 11.2 Å². The smallest absolute Gasteiger partial charge is 0.328 e. The fourth-order valence-corrected chi connectivity index (χ4v) is 6.26. The van der Waals surface area contributed by atoms with Gasteiger partial charge in [-0.3, -0.25) is 19.5 Å². The third-order valence-corrected chi connectivity index (χ3v) is 8.12. The van der Waals surface area contributed by atoms with Crippen molar-refractivity contribution >= 4 is 22.8 Å². The van der Waals surface area contributed by atoms with Crippen molar-refractivity contribution in [3.8, 4) is 11.5 Å². The van der Waals surface area contributed by atoms with E-state index in [1.165, 1.54) is 18.1 Å². The summed E-state index contributed by atoms with van der Waals surface area (Å²) < 4.78 is 19.8. The summed E-state index contributed by atoms with van der Waals surface area (Å²) in [5.74, 6) is -0.559. The Balaban J connectivity index is 1.41. The lowest BCUT2D eigenvalue weighted by atomic mass is 9.81. The number of methoxy groups -OCH3 is 1. The number of urea groups is 1. The van der Waals surface area contributed by atoms with Crippen molar-refractivity contribution in [2.24, 2.45) is 0 Å². The number of ether oxygens (including phenoxy) is 1. The van der Waals surface area contributed by atoms with Crippen molar-refractivity contribution in [2.45, 2.75) is 37.8 Å². The number of rotatable bonds is 6. The molecule has 1 fully saturated rings. The van der Waals surface area contributed by atoms with Gasteiger partial charge in [-0.25, -0.2) is 9.18 Å². The van der Waals surface area contributed by atoms with Gasteiger partial charge in [-0.15, -0.1) is 0 Å². The van der Waals surface area contributed by atoms with Crippen molar-refractivity contribution in [3.63, 3.8) is 0 Å². The normalized spacial score (nSPS) is 23.3. The second kappa shape index (κ2) is 9.16. The summed E-state index contributed by atoms with van der Waals surface area (Å²) in [7, 11) is 1.42. The highest BCUT2D eigenvalue weighted by molar-refractivity contribution is 6.08. The summed E-state index contributed by atoms with van der Waals surface area (Å²) in [4.78, 5) is 36.5. The summed E-state index contributed by atoms with van der Waals surface area (Å²) >= 11 is 0. The van der Waals surface area contributed by atoms with Crippen LogP contribution in [0.3, 0.4) is 0 Å². The molecule has 2 N–H and O–H groups in total. The van der Waals surface area contributed by atoms with E-state index in [-0.39, 0.29) is 29.9 Å². The lowest BCUT2D eigenvalue weighted by Crippen LogP contribution is -2.53. The van der Waals surface area contributed by atoms with Gasteiger partial charge in [0, 0.05) is 55.3 Å². The van der Waals surface area contributed by atoms with Crippen molar-refractivity contribution < 1.29 is 23.8 Å².